The Bertz CT molecular complexity index is 642. The van der Waals surface area contributed by atoms with E-state index in [1.165, 1.54) is 0 Å². The van der Waals surface area contributed by atoms with Crippen LogP contribution in [0.25, 0.3) is 0 Å². The zero-order valence-electron chi connectivity index (χ0n) is 12.1. The molecule has 0 amide bonds. The highest BCUT2D eigenvalue weighted by molar-refractivity contribution is 7.91. The summed E-state index contributed by atoms with van der Waals surface area (Å²) >= 11 is 0. The van der Waals surface area contributed by atoms with Gasteiger partial charge >= 0.3 is 0 Å². The van der Waals surface area contributed by atoms with E-state index in [0.29, 0.717) is 11.4 Å². The molecule has 4 nitrogen and oxygen atoms in total. The van der Waals surface area contributed by atoms with Gasteiger partial charge in [0, 0.05) is 18.8 Å². The summed E-state index contributed by atoms with van der Waals surface area (Å²) in [5.41, 5.74) is 0.910. The summed E-state index contributed by atoms with van der Waals surface area (Å²) in [5.74, 6) is 0.0976. The van der Waals surface area contributed by atoms with Crippen LogP contribution >= 0.6 is 0 Å². The first-order valence-electron chi connectivity index (χ1n) is 7.03. The van der Waals surface area contributed by atoms with E-state index in [9.17, 15) is 8.42 Å². The van der Waals surface area contributed by atoms with Crippen LogP contribution in [0.2, 0.25) is 0 Å². The van der Waals surface area contributed by atoms with Crippen LogP contribution < -0.4 is 5.32 Å². The maximum atomic E-state index is 12.4. The monoisotopic (exact) mass is 304 g/mol. The van der Waals surface area contributed by atoms with Crippen molar-refractivity contribution in [3.8, 4) is 0 Å². The van der Waals surface area contributed by atoms with Gasteiger partial charge in [-0.3, -0.25) is 4.98 Å². The Balaban J connectivity index is 1.99. The van der Waals surface area contributed by atoms with E-state index in [1.807, 2.05) is 31.2 Å². The van der Waals surface area contributed by atoms with E-state index >= 15 is 0 Å². The van der Waals surface area contributed by atoms with E-state index in [-0.39, 0.29) is 11.8 Å². The number of aromatic nitrogens is 1. The average Bonchev–Trinajstić information content (AvgIpc) is 2.53. The second-order valence-corrected chi connectivity index (χ2v) is 6.94. The number of hydrogen-bond donors (Lipinski definition) is 1. The third-order valence-corrected chi connectivity index (χ3v) is 5.15. The molecular formula is C16H20N2O2S. The summed E-state index contributed by atoms with van der Waals surface area (Å²) in [6, 6.07) is 14.2. The molecule has 0 aliphatic rings. The van der Waals surface area contributed by atoms with Gasteiger partial charge in [0.15, 0.2) is 9.84 Å². The highest BCUT2D eigenvalue weighted by atomic mass is 32.2. The molecule has 21 heavy (non-hydrogen) atoms. The SMILES string of the molecule is CC[C@H](CS(=O)(=O)c1ccccc1)NCc1ccccn1. The van der Waals surface area contributed by atoms with Crippen LogP contribution in [0, 0.1) is 0 Å². The molecule has 1 heterocycles. The molecule has 2 rings (SSSR count). The minimum atomic E-state index is -3.26. The topological polar surface area (TPSA) is 59.1 Å². The van der Waals surface area contributed by atoms with Crippen molar-refractivity contribution >= 4 is 9.84 Å². The first-order valence-corrected chi connectivity index (χ1v) is 8.68. The standard InChI is InChI=1S/C16H20N2O2S/c1-2-14(18-12-15-8-6-7-11-17-15)13-21(19,20)16-9-4-3-5-10-16/h3-11,14,18H,2,12-13H2,1H3/t14-/m1/s1. The highest BCUT2D eigenvalue weighted by Gasteiger charge is 2.19. The predicted octanol–water partition coefficient (Wildman–Crippen LogP) is 2.42. The largest absolute Gasteiger partial charge is 0.307 e. The number of nitrogens with one attached hydrogen (secondary N) is 1. The quantitative estimate of drug-likeness (QED) is 0.853. The van der Waals surface area contributed by atoms with Crippen LogP contribution in [0.4, 0.5) is 0 Å². The molecule has 0 aliphatic carbocycles. The molecular weight excluding hydrogens is 284 g/mol. The van der Waals surface area contributed by atoms with Crippen molar-refractivity contribution in [2.75, 3.05) is 5.75 Å². The smallest absolute Gasteiger partial charge is 0.179 e. The Labute approximate surface area is 126 Å². The molecule has 0 radical (unpaired) electrons. The van der Waals surface area contributed by atoms with Crippen molar-refractivity contribution in [2.45, 2.75) is 30.8 Å². The lowest BCUT2D eigenvalue weighted by Crippen LogP contribution is -2.35. The van der Waals surface area contributed by atoms with E-state index in [4.69, 9.17) is 0 Å². The van der Waals surface area contributed by atoms with Gasteiger partial charge in [0.25, 0.3) is 0 Å². The van der Waals surface area contributed by atoms with Crippen LogP contribution in [-0.2, 0) is 16.4 Å². The van der Waals surface area contributed by atoms with Crippen molar-refractivity contribution < 1.29 is 8.42 Å². The van der Waals surface area contributed by atoms with Gasteiger partial charge in [0.05, 0.1) is 16.3 Å². The molecule has 112 valence electrons. The molecule has 1 aromatic carbocycles. The number of pyridine rings is 1. The third-order valence-electron chi connectivity index (χ3n) is 3.31. The molecule has 2 aromatic rings. The molecule has 0 saturated heterocycles. The van der Waals surface area contributed by atoms with E-state index < -0.39 is 9.84 Å². The summed E-state index contributed by atoms with van der Waals surface area (Å²) in [7, 11) is -3.26. The molecule has 0 saturated carbocycles. The van der Waals surface area contributed by atoms with Gasteiger partial charge in [0.1, 0.15) is 0 Å². The fourth-order valence-electron chi connectivity index (χ4n) is 2.06. The molecule has 1 aromatic heterocycles. The number of nitrogens with zero attached hydrogens (tertiary/aromatic N) is 1. The Kier molecular flexibility index (Phi) is 5.47. The highest BCUT2D eigenvalue weighted by Crippen LogP contribution is 2.12. The van der Waals surface area contributed by atoms with E-state index in [2.05, 4.69) is 10.3 Å². The summed E-state index contributed by atoms with van der Waals surface area (Å²) in [6.45, 7) is 2.56. The molecule has 0 aliphatic heterocycles. The number of sulfone groups is 1. The Hall–Kier alpha value is -1.72. The van der Waals surface area contributed by atoms with Gasteiger partial charge in [0.2, 0.25) is 0 Å². The molecule has 5 heteroatoms. The van der Waals surface area contributed by atoms with Crippen molar-refractivity contribution in [3.63, 3.8) is 0 Å². The van der Waals surface area contributed by atoms with Gasteiger partial charge in [-0.15, -0.1) is 0 Å². The van der Waals surface area contributed by atoms with Gasteiger partial charge < -0.3 is 5.32 Å². The second-order valence-electron chi connectivity index (χ2n) is 4.90. The van der Waals surface area contributed by atoms with E-state index in [1.54, 1.807) is 30.5 Å². The van der Waals surface area contributed by atoms with Crippen LogP contribution in [-0.4, -0.2) is 25.2 Å². The first kappa shape index (κ1) is 15.7. The molecule has 0 unspecified atom stereocenters. The number of benzene rings is 1. The normalized spacial score (nSPS) is 13.0. The molecule has 0 fully saturated rings. The average molecular weight is 304 g/mol. The minimum absolute atomic E-state index is 0.0859. The molecule has 0 bridgehead atoms. The second kappa shape index (κ2) is 7.33. The number of hydrogen-bond acceptors (Lipinski definition) is 4. The van der Waals surface area contributed by atoms with Crippen LogP contribution in [0.3, 0.4) is 0 Å². The molecule has 1 atom stereocenters. The Morgan fingerprint density at radius 2 is 1.81 bits per heavy atom. The number of rotatable bonds is 7. The molecule has 1 N–H and O–H groups in total. The lowest BCUT2D eigenvalue weighted by atomic mass is 10.2. The van der Waals surface area contributed by atoms with Crippen molar-refractivity contribution in [2.24, 2.45) is 0 Å². The van der Waals surface area contributed by atoms with Gasteiger partial charge in [-0.05, 0) is 30.7 Å². The maximum absolute atomic E-state index is 12.4. The minimum Gasteiger partial charge on any atom is -0.307 e. The summed E-state index contributed by atoms with van der Waals surface area (Å²) < 4.78 is 24.7. The van der Waals surface area contributed by atoms with E-state index in [0.717, 1.165) is 12.1 Å². The lowest BCUT2D eigenvalue weighted by molar-refractivity contribution is 0.516. The Morgan fingerprint density at radius 3 is 2.43 bits per heavy atom. The van der Waals surface area contributed by atoms with Gasteiger partial charge in [-0.2, -0.15) is 0 Å². The zero-order chi connectivity index (χ0) is 15.1. The van der Waals surface area contributed by atoms with Crippen LogP contribution in [0.5, 0.6) is 0 Å². The first-order chi connectivity index (χ1) is 10.1. The van der Waals surface area contributed by atoms with Crippen molar-refractivity contribution in [1.82, 2.24) is 10.3 Å². The summed E-state index contributed by atoms with van der Waals surface area (Å²) in [5, 5.41) is 3.27. The lowest BCUT2D eigenvalue weighted by Gasteiger charge is -2.17. The van der Waals surface area contributed by atoms with Crippen LogP contribution in [0.1, 0.15) is 19.0 Å². The molecule has 0 spiro atoms. The van der Waals surface area contributed by atoms with Gasteiger partial charge in [-0.25, -0.2) is 8.42 Å². The summed E-state index contributed by atoms with van der Waals surface area (Å²) in [6.07, 6.45) is 2.48. The van der Waals surface area contributed by atoms with Crippen molar-refractivity contribution in [3.05, 3.63) is 60.4 Å². The maximum Gasteiger partial charge on any atom is 0.179 e. The van der Waals surface area contributed by atoms with Crippen LogP contribution in [0.15, 0.2) is 59.6 Å². The van der Waals surface area contributed by atoms with Crippen molar-refractivity contribution in [1.29, 1.82) is 0 Å². The predicted molar refractivity (Wildman–Crippen MR) is 83.7 cm³/mol. The zero-order valence-corrected chi connectivity index (χ0v) is 12.9. The fourth-order valence-corrected chi connectivity index (χ4v) is 3.71. The van der Waals surface area contributed by atoms with Gasteiger partial charge in [-0.1, -0.05) is 31.2 Å². The summed E-state index contributed by atoms with van der Waals surface area (Å²) in [4.78, 5) is 4.61. The third kappa shape index (κ3) is 4.65. The Morgan fingerprint density at radius 1 is 1.10 bits per heavy atom. The fraction of sp³-hybridized carbons (Fsp3) is 0.312.